The first kappa shape index (κ1) is 18.8. The number of Topliss-reactive ketones (excluding diaryl/α,β-unsaturated/α-hetero) is 1. The van der Waals surface area contributed by atoms with E-state index in [0.717, 1.165) is 11.1 Å². The van der Waals surface area contributed by atoms with Crippen LogP contribution in [0.15, 0.2) is 42.5 Å². The van der Waals surface area contributed by atoms with Crippen molar-refractivity contribution < 1.29 is 19.1 Å². The maximum atomic E-state index is 12.8. The van der Waals surface area contributed by atoms with E-state index in [0.29, 0.717) is 11.1 Å². The lowest BCUT2D eigenvalue weighted by Gasteiger charge is -2.12. The van der Waals surface area contributed by atoms with Crippen LogP contribution in [0.5, 0.6) is 0 Å². The number of aryl methyl sites for hydroxylation is 2. The standard InChI is InChI=1S/C20H22FNO3/c1-13-3-4-16(11-14(13)2)18(23)9-10-20(25)22-12-19(24)15-5-7-17(21)8-6-15/h3-8,11,19,24H,9-10,12H2,1-2H3,(H,22,25). The highest BCUT2D eigenvalue weighted by atomic mass is 19.1. The molecule has 1 amide bonds. The van der Waals surface area contributed by atoms with Crippen molar-refractivity contribution in [1.82, 2.24) is 5.32 Å². The fraction of sp³-hybridized carbons (Fsp3) is 0.300. The largest absolute Gasteiger partial charge is 0.387 e. The molecule has 2 rings (SSSR count). The number of aliphatic hydroxyl groups is 1. The highest BCUT2D eigenvalue weighted by Crippen LogP contribution is 2.14. The number of hydrogen-bond acceptors (Lipinski definition) is 3. The van der Waals surface area contributed by atoms with Gasteiger partial charge in [0.2, 0.25) is 5.91 Å². The lowest BCUT2D eigenvalue weighted by atomic mass is 10.0. The zero-order valence-electron chi connectivity index (χ0n) is 14.4. The molecule has 0 bridgehead atoms. The summed E-state index contributed by atoms with van der Waals surface area (Å²) in [4.78, 5) is 24.0. The quantitative estimate of drug-likeness (QED) is 0.759. The summed E-state index contributed by atoms with van der Waals surface area (Å²) in [6.07, 6.45) is -0.747. The third-order valence-electron chi connectivity index (χ3n) is 4.16. The first-order valence-corrected chi connectivity index (χ1v) is 8.17. The predicted octanol–water partition coefficient (Wildman–Crippen LogP) is 3.26. The average Bonchev–Trinajstić information content (AvgIpc) is 2.60. The van der Waals surface area contributed by atoms with Crippen molar-refractivity contribution in [1.29, 1.82) is 0 Å². The second-order valence-corrected chi connectivity index (χ2v) is 6.09. The molecule has 0 aliphatic rings. The lowest BCUT2D eigenvalue weighted by molar-refractivity contribution is -0.121. The molecule has 0 aromatic heterocycles. The number of hydrogen-bond donors (Lipinski definition) is 2. The second-order valence-electron chi connectivity index (χ2n) is 6.09. The molecule has 25 heavy (non-hydrogen) atoms. The number of amides is 1. The van der Waals surface area contributed by atoms with E-state index in [4.69, 9.17) is 0 Å². The molecule has 132 valence electrons. The van der Waals surface area contributed by atoms with Crippen LogP contribution in [-0.4, -0.2) is 23.3 Å². The Morgan fingerprint density at radius 3 is 2.36 bits per heavy atom. The van der Waals surface area contributed by atoms with E-state index in [1.807, 2.05) is 26.0 Å². The van der Waals surface area contributed by atoms with Crippen molar-refractivity contribution in [2.24, 2.45) is 0 Å². The van der Waals surface area contributed by atoms with Gasteiger partial charge in [0.25, 0.3) is 0 Å². The van der Waals surface area contributed by atoms with Crippen molar-refractivity contribution in [3.05, 3.63) is 70.5 Å². The number of benzene rings is 2. The SMILES string of the molecule is Cc1ccc(C(=O)CCC(=O)NCC(O)c2ccc(F)cc2)cc1C. The summed E-state index contributed by atoms with van der Waals surface area (Å²) >= 11 is 0. The zero-order chi connectivity index (χ0) is 18.4. The van der Waals surface area contributed by atoms with Gasteiger partial charge in [-0.25, -0.2) is 4.39 Å². The molecule has 0 spiro atoms. The fourth-order valence-corrected chi connectivity index (χ4v) is 2.39. The average molecular weight is 343 g/mol. The topological polar surface area (TPSA) is 66.4 Å². The summed E-state index contributed by atoms with van der Waals surface area (Å²) in [6, 6.07) is 10.9. The number of carbonyl (C=O) groups excluding carboxylic acids is 2. The number of nitrogens with one attached hydrogen (secondary N) is 1. The van der Waals surface area contributed by atoms with Gasteiger partial charge in [0.15, 0.2) is 5.78 Å². The molecule has 2 N–H and O–H groups in total. The van der Waals surface area contributed by atoms with Crippen LogP contribution in [0.3, 0.4) is 0 Å². The zero-order valence-corrected chi connectivity index (χ0v) is 14.4. The fourth-order valence-electron chi connectivity index (χ4n) is 2.39. The summed E-state index contributed by atoms with van der Waals surface area (Å²) in [5.74, 6) is -0.777. The van der Waals surface area contributed by atoms with Gasteiger partial charge in [-0.3, -0.25) is 9.59 Å². The number of ketones is 1. The van der Waals surface area contributed by atoms with E-state index in [1.54, 1.807) is 6.07 Å². The van der Waals surface area contributed by atoms with Crippen LogP contribution in [0.4, 0.5) is 4.39 Å². The van der Waals surface area contributed by atoms with E-state index in [2.05, 4.69) is 5.32 Å². The summed E-state index contributed by atoms with van der Waals surface area (Å²) in [7, 11) is 0. The summed E-state index contributed by atoms with van der Waals surface area (Å²) in [5, 5.41) is 12.6. The Kier molecular flexibility index (Phi) is 6.42. The molecule has 1 unspecified atom stereocenters. The van der Waals surface area contributed by atoms with Crippen LogP contribution < -0.4 is 5.32 Å². The highest BCUT2D eigenvalue weighted by Gasteiger charge is 2.12. The van der Waals surface area contributed by atoms with Crippen LogP contribution >= 0.6 is 0 Å². The Morgan fingerprint density at radius 2 is 1.72 bits per heavy atom. The van der Waals surface area contributed by atoms with Gasteiger partial charge in [0, 0.05) is 24.9 Å². The minimum absolute atomic E-state index is 0.0162. The van der Waals surface area contributed by atoms with E-state index in [9.17, 15) is 19.1 Å². The monoisotopic (exact) mass is 343 g/mol. The van der Waals surface area contributed by atoms with Crippen LogP contribution in [0.2, 0.25) is 0 Å². The molecule has 0 aliphatic heterocycles. The van der Waals surface area contributed by atoms with Crippen LogP contribution in [-0.2, 0) is 4.79 Å². The molecule has 0 aliphatic carbocycles. The Labute approximate surface area is 146 Å². The van der Waals surface area contributed by atoms with Gasteiger partial charge < -0.3 is 10.4 Å². The normalized spacial score (nSPS) is 11.8. The van der Waals surface area contributed by atoms with Gasteiger partial charge in [-0.15, -0.1) is 0 Å². The van der Waals surface area contributed by atoms with E-state index in [1.165, 1.54) is 24.3 Å². The van der Waals surface area contributed by atoms with Gasteiger partial charge in [0.1, 0.15) is 5.82 Å². The maximum absolute atomic E-state index is 12.8. The smallest absolute Gasteiger partial charge is 0.220 e. The van der Waals surface area contributed by atoms with Crippen molar-refractivity contribution >= 4 is 11.7 Å². The second kappa shape index (κ2) is 8.53. The molecule has 0 heterocycles. The van der Waals surface area contributed by atoms with Crippen molar-refractivity contribution in [3.8, 4) is 0 Å². The molecular weight excluding hydrogens is 321 g/mol. The van der Waals surface area contributed by atoms with Crippen LogP contribution in [0.1, 0.15) is 46.0 Å². The number of carbonyl (C=O) groups is 2. The molecule has 0 saturated carbocycles. The Morgan fingerprint density at radius 1 is 1.04 bits per heavy atom. The molecule has 4 nitrogen and oxygen atoms in total. The van der Waals surface area contributed by atoms with Crippen molar-refractivity contribution in [3.63, 3.8) is 0 Å². The minimum Gasteiger partial charge on any atom is -0.387 e. The van der Waals surface area contributed by atoms with Crippen molar-refractivity contribution in [2.45, 2.75) is 32.8 Å². The Balaban J connectivity index is 1.79. The maximum Gasteiger partial charge on any atom is 0.220 e. The summed E-state index contributed by atoms with van der Waals surface area (Å²) in [6.45, 7) is 3.93. The number of rotatable bonds is 7. The third-order valence-corrected chi connectivity index (χ3v) is 4.16. The molecule has 2 aromatic carbocycles. The minimum atomic E-state index is -0.917. The van der Waals surface area contributed by atoms with Gasteiger partial charge in [-0.2, -0.15) is 0 Å². The molecule has 5 heteroatoms. The Hall–Kier alpha value is -2.53. The van der Waals surface area contributed by atoms with Gasteiger partial charge in [0.05, 0.1) is 6.10 Å². The van der Waals surface area contributed by atoms with E-state index >= 15 is 0 Å². The van der Waals surface area contributed by atoms with E-state index in [-0.39, 0.29) is 36.9 Å². The van der Waals surface area contributed by atoms with Gasteiger partial charge in [-0.05, 0) is 48.7 Å². The first-order chi connectivity index (χ1) is 11.9. The highest BCUT2D eigenvalue weighted by molar-refractivity contribution is 5.98. The molecule has 0 fully saturated rings. The molecule has 1 atom stereocenters. The van der Waals surface area contributed by atoms with Crippen molar-refractivity contribution in [2.75, 3.05) is 6.54 Å². The lowest BCUT2D eigenvalue weighted by Crippen LogP contribution is -2.28. The van der Waals surface area contributed by atoms with Crippen LogP contribution in [0.25, 0.3) is 0 Å². The molecular formula is C20H22FNO3. The number of halogens is 1. The Bertz CT molecular complexity index is 756. The third kappa shape index (κ3) is 5.50. The predicted molar refractivity (Wildman–Crippen MR) is 93.9 cm³/mol. The van der Waals surface area contributed by atoms with Crippen LogP contribution in [0, 0.1) is 19.7 Å². The summed E-state index contributed by atoms with van der Waals surface area (Å²) < 4.78 is 12.8. The first-order valence-electron chi connectivity index (χ1n) is 8.17. The van der Waals surface area contributed by atoms with Gasteiger partial charge >= 0.3 is 0 Å². The summed E-state index contributed by atoms with van der Waals surface area (Å²) in [5.41, 5.74) is 3.27. The van der Waals surface area contributed by atoms with E-state index < -0.39 is 6.10 Å². The molecule has 2 aromatic rings. The number of aliphatic hydroxyl groups excluding tert-OH is 1. The van der Waals surface area contributed by atoms with Gasteiger partial charge in [-0.1, -0.05) is 24.3 Å². The molecule has 0 saturated heterocycles. The molecule has 0 radical (unpaired) electrons.